The molecule has 70 valence electrons. The summed E-state index contributed by atoms with van der Waals surface area (Å²) in [4.78, 5) is 10.4. The van der Waals surface area contributed by atoms with Gasteiger partial charge in [-0.2, -0.15) is 0 Å². The predicted molar refractivity (Wildman–Crippen MR) is 47.0 cm³/mol. The monoisotopic (exact) mass is 172 g/mol. The quantitative estimate of drug-likeness (QED) is 0.642. The third-order valence-corrected chi connectivity index (χ3v) is 1.44. The minimum Gasteiger partial charge on any atom is -0.478 e. The van der Waals surface area contributed by atoms with Crippen molar-refractivity contribution in [3.8, 4) is 0 Å². The van der Waals surface area contributed by atoms with Gasteiger partial charge in [-0.3, -0.25) is 0 Å². The highest BCUT2D eigenvalue weighted by Crippen LogP contribution is 2.06. The van der Waals surface area contributed by atoms with Crippen LogP contribution in [0, 0.1) is 5.92 Å². The van der Waals surface area contributed by atoms with Crippen LogP contribution in [0.2, 0.25) is 0 Å². The summed E-state index contributed by atoms with van der Waals surface area (Å²) in [6.45, 7) is 9.68. The van der Waals surface area contributed by atoms with Crippen LogP contribution in [0.5, 0.6) is 0 Å². The first kappa shape index (κ1) is 11.2. The molecule has 0 bridgehead atoms. The summed E-state index contributed by atoms with van der Waals surface area (Å²) in [6.07, 6.45) is -0.398. The second kappa shape index (κ2) is 4.93. The largest absolute Gasteiger partial charge is 0.478 e. The summed E-state index contributed by atoms with van der Waals surface area (Å²) in [6, 6.07) is 0. The van der Waals surface area contributed by atoms with Crippen LogP contribution in [0.1, 0.15) is 20.8 Å². The number of hydrogen-bond acceptors (Lipinski definition) is 2. The molecule has 0 rings (SSSR count). The van der Waals surface area contributed by atoms with Gasteiger partial charge in [0, 0.05) is 6.61 Å². The zero-order chi connectivity index (χ0) is 9.72. The molecule has 3 heteroatoms. The first-order chi connectivity index (χ1) is 5.45. The van der Waals surface area contributed by atoms with Crippen molar-refractivity contribution < 1.29 is 14.6 Å². The molecule has 0 aromatic carbocycles. The van der Waals surface area contributed by atoms with E-state index in [1.54, 1.807) is 6.92 Å². The van der Waals surface area contributed by atoms with E-state index in [0.717, 1.165) is 0 Å². The topological polar surface area (TPSA) is 46.5 Å². The number of carbonyl (C=O) groups is 1. The molecule has 0 saturated carbocycles. The van der Waals surface area contributed by atoms with Gasteiger partial charge in [-0.25, -0.2) is 4.79 Å². The van der Waals surface area contributed by atoms with Crippen LogP contribution in [0.4, 0.5) is 0 Å². The van der Waals surface area contributed by atoms with Crippen molar-refractivity contribution in [1.29, 1.82) is 0 Å². The molecule has 1 unspecified atom stereocenters. The zero-order valence-electron chi connectivity index (χ0n) is 7.83. The predicted octanol–water partition coefficient (Wildman–Crippen LogP) is 1.69. The van der Waals surface area contributed by atoms with Gasteiger partial charge in [-0.05, 0) is 12.8 Å². The van der Waals surface area contributed by atoms with Crippen LogP contribution in [0.25, 0.3) is 0 Å². The van der Waals surface area contributed by atoms with Gasteiger partial charge in [0.2, 0.25) is 0 Å². The maximum Gasteiger partial charge on any atom is 0.333 e. The molecule has 0 amide bonds. The second-order valence-electron chi connectivity index (χ2n) is 3.20. The smallest absolute Gasteiger partial charge is 0.333 e. The molecular formula is C9H16O3. The third-order valence-electron chi connectivity index (χ3n) is 1.44. The average Bonchev–Trinajstić information content (AvgIpc) is 1.98. The van der Waals surface area contributed by atoms with E-state index in [1.807, 2.05) is 13.8 Å². The molecule has 0 heterocycles. The van der Waals surface area contributed by atoms with Gasteiger partial charge < -0.3 is 9.84 Å². The van der Waals surface area contributed by atoms with Crippen LogP contribution < -0.4 is 0 Å². The summed E-state index contributed by atoms with van der Waals surface area (Å²) in [5.41, 5.74) is 0.107. The Morgan fingerprint density at radius 3 is 2.33 bits per heavy atom. The van der Waals surface area contributed by atoms with Crippen molar-refractivity contribution in [1.82, 2.24) is 0 Å². The van der Waals surface area contributed by atoms with E-state index >= 15 is 0 Å². The van der Waals surface area contributed by atoms with Crippen LogP contribution in [-0.2, 0) is 9.53 Å². The van der Waals surface area contributed by atoms with Gasteiger partial charge in [-0.1, -0.05) is 20.4 Å². The lowest BCUT2D eigenvalue weighted by Crippen LogP contribution is -2.19. The Morgan fingerprint density at radius 1 is 1.50 bits per heavy atom. The number of rotatable bonds is 5. The van der Waals surface area contributed by atoms with Gasteiger partial charge in [0.25, 0.3) is 0 Å². The van der Waals surface area contributed by atoms with E-state index in [4.69, 9.17) is 9.84 Å². The van der Waals surface area contributed by atoms with Gasteiger partial charge in [0.1, 0.15) is 0 Å². The third kappa shape index (κ3) is 4.13. The number of carboxylic acid groups (broad SMARTS) is 1. The van der Waals surface area contributed by atoms with Crippen LogP contribution in [0.15, 0.2) is 12.2 Å². The van der Waals surface area contributed by atoms with Gasteiger partial charge in [0.05, 0.1) is 11.7 Å². The molecule has 0 aliphatic carbocycles. The zero-order valence-corrected chi connectivity index (χ0v) is 7.83. The normalized spacial score (nSPS) is 13.0. The molecule has 0 aromatic heterocycles. The van der Waals surface area contributed by atoms with E-state index in [2.05, 4.69) is 6.58 Å². The first-order valence-corrected chi connectivity index (χ1v) is 3.98. The highest BCUT2D eigenvalue weighted by atomic mass is 16.5. The lowest BCUT2D eigenvalue weighted by atomic mass is 10.2. The van der Waals surface area contributed by atoms with Crippen LogP contribution in [0.3, 0.4) is 0 Å². The fraction of sp³-hybridized carbons (Fsp3) is 0.667. The van der Waals surface area contributed by atoms with E-state index in [9.17, 15) is 4.79 Å². The second-order valence-corrected chi connectivity index (χ2v) is 3.20. The maximum atomic E-state index is 10.4. The first-order valence-electron chi connectivity index (χ1n) is 3.98. The minimum atomic E-state index is -0.994. The highest BCUT2D eigenvalue weighted by molar-refractivity contribution is 5.86. The van der Waals surface area contributed by atoms with Gasteiger partial charge in [0.15, 0.2) is 0 Å². The molecule has 0 spiro atoms. The fourth-order valence-corrected chi connectivity index (χ4v) is 0.611. The van der Waals surface area contributed by atoms with E-state index in [0.29, 0.717) is 12.5 Å². The van der Waals surface area contributed by atoms with Crippen molar-refractivity contribution in [2.75, 3.05) is 6.61 Å². The van der Waals surface area contributed by atoms with Crippen molar-refractivity contribution >= 4 is 5.97 Å². The molecule has 0 radical (unpaired) electrons. The Hall–Kier alpha value is -0.830. The molecule has 0 aliphatic rings. The number of ether oxygens (including phenoxy) is 1. The maximum absolute atomic E-state index is 10.4. The van der Waals surface area contributed by atoms with Gasteiger partial charge in [-0.15, -0.1) is 0 Å². The average molecular weight is 172 g/mol. The van der Waals surface area contributed by atoms with Crippen molar-refractivity contribution in [3.05, 3.63) is 12.2 Å². The Kier molecular flexibility index (Phi) is 4.59. The molecule has 1 atom stereocenters. The summed E-state index contributed by atoms with van der Waals surface area (Å²) in [5, 5.41) is 8.54. The Balaban J connectivity index is 3.80. The Labute approximate surface area is 73.0 Å². The summed E-state index contributed by atoms with van der Waals surface area (Å²) >= 11 is 0. The number of carboxylic acids is 1. The molecule has 0 saturated heterocycles. The molecule has 0 aromatic rings. The number of aliphatic carboxylic acids is 1. The summed E-state index contributed by atoms with van der Waals surface area (Å²) in [7, 11) is 0. The van der Waals surface area contributed by atoms with Gasteiger partial charge >= 0.3 is 5.97 Å². The molecule has 0 fully saturated rings. The van der Waals surface area contributed by atoms with Crippen molar-refractivity contribution in [2.45, 2.75) is 26.9 Å². The number of hydrogen-bond donors (Lipinski definition) is 1. The van der Waals surface area contributed by atoms with E-state index in [-0.39, 0.29) is 5.57 Å². The minimum absolute atomic E-state index is 0.107. The Bertz CT molecular complexity index is 173. The molecule has 1 N–H and O–H groups in total. The van der Waals surface area contributed by atoms with Crippen LogP contribution in [-0.4, -0.2) is 23.8 Å². The SMILES string of the molecule is C=C(C(=O)O)C(C)OCC(C)C. The van der Waals surface area contributed by atoms with Crippen molar-refractivity contribution in [3.63, 3.8) is 0 Å². The lowest BCUT2D eigenvalue weighted by molar-refractivity contribution is -0.134. The van der Waals surface area contributed by atoms with Crippen LogP contribution >= 0.6 is 0 Å². The summed E-state index contributed by atoms with van der Waals surface area (Å²) in [5.74, 6) is -0.583. The molecule has 0 aliphatic heterocycles. The Morgan fingerprint density at radius 2 is 2.00 bits per heavy atom. The summed E-state index contributed by atoms with van der Waals surface area (Å²) < 4.78 is 5.25. The highest BCUT2D eigenvalue weighted by Gasteiger charge is 2.13. The fourth-order valence-electron chi connectivity index (χ4n) is 0.611. The van der Waals surface area contributed by atoms with E-state index in [1.165, 1.54) is 0 Å². The molecule has 12 heavy (non-hydrogen) atoms. The molecular weight excluding hydrogens is 156 g/mol. The lowest BCUT2D eigenvalue weighted by Gasteiger charge is -2.14. The van der Waals surface area contributed by atoms with E-state index < -0.39 is 12.1 Å². The standard InChI is InChI=1S/C9H16O3/c1-6(2)5-12-8(4)7(3)9(10)11/h6,8H,3,5H2,1-2,4H3,(H,10,11). The molecule has 3 nitrogen and oxygen atoms in total. The van der Waals surface area contributed by atoms with Crippen molar-refractivity contribution in [2.24, 2.45) is 5.92 Å².